The fourth-order valence-electron chi connectivity index (χ4n) is 1.46. The van der Waals surface area contributed by atoms with Gasteiger partial charge < -0.3 is 15.6 Å². The fourth-order valence-corrected chi connectivity index (χ4v) is 1.46. The molecule has 4 nitrogen and oxygen atoms in total. The lowest BCUT2D eigenvalue weighted by Gasteiger charge is -2.11. The molecule has 0 spiro atoms. The van der Waals surface area contributed by atoms with Crippen LogP contribution >= 0.6 is 0 Å². The Morgan fingerprint density at radius 2 is 2.06 bits per heavy atom. The van der Waals surface area contributed by atoms with Crippen LogP contribution in [0.4, 0.5) is 0 Å². The van der Waals surface area contributed by atoms with Gasteiger partial charge in [-0.15, -0.1) is 0 Å². The Bertz CT molecular complexity index is 335. The minimum absolute atomic E-state index is 0.0983. The van der Waals surface area contributed by atoms with Crippen LogP contribution in [0, 0.1) is 0 Å². The van der Waals surface area contributed by atoms with Crippen molar-refractivity contribution in [1.29, 1.82) is 0 Å². The minimum Gasteiger partial charge on any atom is -0.465 e. The number of hydrogen-bond acceptors (Lipinski definition) is 4. The number of ether oxygens (including phenoxy) is 1. The average Bonchev–Trinajstić information content (AvgIpc) is 2.35. The first kappa shape index (κ1) is 12.7. The molecule has 16 heavy (non-hydrogen) atoms. The van der Waals surface area contributed by atoms with E-state index >= 15 is 0 Å². The molecule has 4 heteroatoms. The number of rotatable bonds is 5. The van der Waals surface area contributed by atoms with Crippen molar-refractivity contribution >= 4 is 5.97 Å². The van der Waals surface area contributed by atoms with Crippen molar-refractivity contribution in [2.75, 3.05) is 13.7 Å². The van der Waals surface area contributed by atoms with Crippen molar-refractivity contribution in [2.24, 2.45) is 5.73 Å². The third-order valence-corrected chi connectivity index (χ3v) is 2.43. The minimum atomic E-state index is -0.351. The molecule has 0 amide bonds. The fraction of sp³-hybridized carbons (Fsp3) is 0.417. The molecule has 3 N–H and O–H groups in total. The molecule has 1 atom stereocenters. The van der Waals surface area contributed by atoms with Crippen molar-refractivity contribution < 1.29 is 14.6 Å². The molecule has 0 bridgehead atoms. The summed E-state index contributed by atoms with van der Waals surface area (Å²) in [6, 6.07) is 6.92. The van der Waals surface area contributed by atoms with Gasteiger partial charge in [0.15, 0.2) is 0 Å². The quantitative estimate of drug-likeness (QED) is 0.737. The first-order valence-corrected chi connectivity index (χ1v) is 5.23. The molecule has 0 unspecified atom stereocenters. The van der Waals surface area contributed by atoms with Crippen LogP contribution in [-0.4, -0.2) is 24.8 Å². The van der Waals surface area contributed by atoms with Gasteiger partial charge in [-0.2, -0.15) is 0 Å². The molecule has 0 heterocycles. The van der Waals surface area contributed by atoms with Crippen LogP contribution < -0.4 is 5.73 Å². The lowest BCUT2D eigenvalue weighted by atomic mass is 10.0. The molecule has 0 saturated heterocycles. The van der Waals surface area contributed by atoms with E-state index in [1.165, 1.54) is 7.11 Å². The van der Waals surface area contributed by atoms with Gasteiger partial charge in [-0.1, -0.05) is 12.1 Å². The second-order valence-electron chi connectivity index (χ2n) is 3.59. The Labute approximate surface area is 95.0 Å². The monoisotopic (exact) mass is 223 g/mol. The molecular formula is C12H17NO3. The van der Waals surface area contributed by atoms with Crippen molar-refractivity contribution in [2.45, 2.75) is 18.9 Å². The van der Waals surface area contributed by atoms with Gasteiger partial charge in [-0.25, -0.2) is 4.79 Å². The van der Waals surface area contributed by atoms with Crippen LogP contribution in [0.3, 0.4) is 0 Å². The third-order valence-electron chi connectivity index (χ3n) is 2.43. The zero-order valence-electron chi connectivity index (χ0n) is 9.35. The van der Waals surface area contributed by atoms with E-state index in [0.717, 1.165) is 12.0 Å². The Morgan fingerprint density at radius 1 is 1.44 bits per heavy atom. The zero-order valence-corrected chi connectivity index (χ0v) is 9.35. The maximum atomic E-state index is 11.2. The smallest absolute Gasteiger partial charge is 0.337 e. The highest BCUT2D eigenvalue weighted by atomic mass is 16.5. The lowest BCUT2D eigenvalue weighted by molar-refractivity contribution is 0.0600. The van der Waals surface area contributed by atoms with E-state index in [1.807, 2.05) is 12.1 Å². The SMILES string of the molecule is COC(=O)c1ccc([C@@H](N)CCCO)cc1. The maximum absolute atomic E-state index is 11.2. The highest BCUT2D eigenvalue weighted by molar-refractivity contribution is 5.89. The van der Waals surface area contributed by atoms with Crippen molar-refractivity contribution in [3.63, 3.8) is 0 Å². The summed E-state index contributed by atoms with van der Waals surface area (Å²) in [6.45, 7) is 0.147. The highest BCUT2D eigenvalue weighted by Gasteiger charge is 2.08. The van der Waals surface area contributed by atoms with E-state index in [0.29, 0.717) is 12.0 Å². The second kappa shape index (κ2) is 6.25. The Balaban J connectivity index is 2.67. The molecule has 0 saturated carbocycles. The van der Waals surface area contributed by atoms with Crippen LogP contribution in [-0.2, 0) is 4.74 Å². The number of carbonyl (C=O) groups excluding carboxylic acids is 1. The van der Waals surface area contributed by atoms with E-state index in [2.05, 4.69) is 4.74 Å². The van der Waals surface area contributed by atoms with Gasteiger partial charge in [0.25, 0.3) is 0 Å². The molecule has 0 aliphatic heterocycles. The van der Waals surface area contributed by atoms with E-state index in [9.17, 15) is 4.79 Å². The van der Waals surface area contributed by atoms with Crippen LogP contribution in [0.1, 0.15) is 34.8 Å². The van der Waals surface area contributed by atoms with Crippen molar-refractivity contribution in [3.05, 3.63) is 35.4 Å². The molecular weight excluding hydrogens is 206 g/mol. The predicted molar refractivity (Wildman–Crippen MR) is 61.0 cm³/mol. The molecule has 0 aliphatic rings. The Kier molecular flexibility index (Phi) is 4.95. The van der Waals surface area contributed by atoms with Gasteiger partial charge >= 0.3 is 5.97 Å². The lowest BCUT2D eigenvalue weighted by Crippen LogP contribution is -2.11. The summed E-state index contributed by atoms with van der Waals surface area (Å²) in [5.74, 6) is -0.351. The number of esters is 1. The Hall–Kier alpha value is -1.39. The van der Waals surface area contributed by atoms with Crippen LogP contribution in [0.25, 0.3) is 0 Å². The largest absolute Gasteiger partial charge is 0.465 e. The normalized spacial score (nSPS) is 12.2. The van der Waals surface area contributed by atoms with Crippen molar-refractivity contribution in [3.8, 4) is 0 Å². The average molecular weight is 223 g/mol. The number of carbonyl (C=O) groups is 1. The van der Waals surface area contributed by atoms with Crippen LogP contribution in [0.15, 0.2) is 24.3 Å². The first-order chi connectivity index (χ1) is 7.69. The standard InChI is InChI=1S/C12H17NO3/c1-16-12(15)10-6-4-9(5-7-10)11(13)3-2-8-14/h4-7,11,14H,2-3,8,13H2,1H3/t11-/m0/s1. The molecule has 0 fully saturated rings. The van der Waals surface area contributed by atoms with Crippen molar-refractivity contribution in [1.82, 2.24) is 0 Å². The summed E-state index contributed by atoms with van der Waals surface area (Å²) in [4.78, 5) is 11.2. The van der Waals surface area contributed by atoms with Gasteiger partial charge in [0.2, 0.25) is 0 Å². The Morgan fingerprint density at radius 3 is 2.56 bits per heavy atom. The van der Waals surface area contributed by atoms with Gasteiger partial charge in [-0.05, 0) is 30.5 Å². The van der Waals surface area contributed by atoms with Gasteiger partial charge in [0.1, 0.15) is 0 Å². The molecule has 0 radical (unpaired) electrons. The zero-order chi connectivity index (χ0) is 12.0. The number of aliphatic hydroxyl groups excluding tert-OH is 1. The number of hydrogen-bond donors (Lipinski definition) is 2. The number of benzene rings is 1. The summed E-state index contributed by atoms with van der Waals surface area (Å²) >= 11 is 0. The van der Waals surface area contributed by atoms with E-state index in [1.54, 1.807) is 12.1 Å². The highest BCUT2D eigenvalue weighted by Crippen LogP contribution is 2.16. The number of methoxy groups -OCH3 is 1. The first-order valence-electron chi connectivity index (χ1n) is 5.23. The molecule has 0 aliphatic carbocycles. The van der Waals surface area contributed by atoms with Gasteiger partial charge in [0.05, 0.1) is 12.7 Å². The van der Waals surface area contributed by atoms with Crippen LogP contribution in [0.2, 0.25) is 0 Å². The molecule has 88 valence electrons. The second-order valence-corrected chi connectivity index (χ2v) is 3.59. The summed E-state index contributed by atoms with van der Waals surface area (Å²) in [5, 5.41) is 8.69. The number of nitrogens with two attached hydrogens (primary N) is 1. The predicted octanol–water partition coefficient (Wildman–Crippen LogP) is 1.25. The van der Waals surface area contributed by atoms with E-state index in [-0.39, 0.29) is 18.6 Å². The maximum Gasteiger partial charge on any atom is 0.337 e. The molecule has 1 rings (SSSR count). The van der Waals surface area contributed by atoms with Gasteiger partial charge in [-0.3, -0.25) is 0 Å². The third kappa shape index (κ3) is 3.32. The molecule has 1 aromatic carbocycles. The summed E-state index contributed by atoms with van der Waals surface area (Å²) < 4.78 is 4.60. The van der Waals surface area contributed by atoms with E-state index < -0.39 is 0 Å². The summed E-state index contributed by atoms with van der Waals surface area (Å²) in [5.41, 5.74) is 7.39. The summed E-state index contributed by atoms with van der Waals surface area (Å²) in [7, 11) is 1.35. The summed E-state index contributed by atoms with van der Waals surface area (Å²) in [6.07, 6.45) is 1.41. The topological polar surface area (TPSA) is 72.5 Å². The molecule has 1 aromatic rings. The van der Waals surface area contributed by atoms with Gasteiger partial charge in [0, 0.05) is 12.6 Å². The van der Waals surface area contributed by atoms with Crippen LogP contribution in [0.5, 0.6) is 0 Å². The molecule has 0 aromatic heterocycles. The van der Waals surface area contributed by atoms with E-state index in [4.69, 9.17) is 10.8 Å². The number of aliphatic hydroxyl groups is 1.